The summed E-state index contributed by atoms with van der Waals surface area (Å²) in [5, 5.41) is 3.03. The van der Waals surface area contributed by atoms with Crippen LogP contribution in [0, 0.1) is 20.8 Å². The third-order valence-electron chi connectivity index (χ3n) is 5.94. The quantitative estimate of drug-likeness (QED) is 0.637. The fourth-order valence-corrected chi connectivity index (χ4v) is 5.05. The first-order valence-electron chi connectivity index (χ1n) is 10.6. The zero-order valence-corrected chi connectivity index (χ0v) is 19.0. The molecule has 2 amide bonds. The Hall–Kier alpha value is -2.99. The summed E-state index contributed by atoms with van der Waals surface area (Å²) in [6.45, 7) is 6.97. The minimum Gasteiger partial charge on any atom is -0.350 e. The molecular formula is C25H27N3O2S. The lowest BCUT2D eigenvalue weighted by atomic mass is 10.0. The number of aromatic nitrogens is 1. The van der Waals surface area contributed by atoms with E-state index in [1.165, 1.54) is 4.88 Å². The van der Waals surface area contributed by atoms with Gasteiger partial charge < -0.3 is 10.2 Å². The highest BCUT2D eigenvalue weighted by Gasteiger charge is 2.35. The molecule has 4 rings (SSSR count). The van der Waals surface area contributed by atoms with Gasteiger partial charge in [-0.05, 0) is 55.9 Å². The van der Waals surface area contributed by atoms with E-state index in [0.29, 0.717) is 19.5 Å². The van der Waals surface area contributed by atoms with Gasteiger partial charge in [0.15, 0.2) is 0 Å². The lowest BCUT2D eigenvalue weighted by Crippen LogP contribution is -2.46. The smallest absolute Gasteiger partial charge is 0.255 e. The van der Waals surface area contributed by atoms with Crippen molar-refractivity contribution in [3.63, 3.8) is 0 Å². The third kappa shape index (κ3) is 4.39. The number of aryl methyl sites for hydroxylation is 3. The van der Waals surface area contributed by atoms with Gasteiger partial charge in [0, 0.05) is 18.7 Å². The molecule has 6 heteroatoms. The number of amides is 2. The second-order valence-corrected chi connectivity index (χ2v) is 8.96. The van der Waals surface area contributed by atoms with Crippen LogP contribution < -0.4 is 5.32 Å². The normalized spacial score (nSPS) is 15.8. The molecule has 2 heterocycles. The van der Waals surface area contributed by atoms with Gasteiger partial charge in [0.2, 0.25) is 5.91 Å². The van der Waals surface area contributed by atoms with Crippen molar-refractivity contribution >= 4 is 23.2 Å². The highest BCUT2D eigenvalue weighted by molar-refractivity contribution is 7.13. The molecule has 0 aliphatic carbocycles. The maximum Gasteiger partial charge on any atom is 0.255 e. The molecule has 0 spiro atoms. The number of nitrogens with zero attached hydrogens (tertiary/aromatic N) is 2. The summed E-state index contributed by atoms with van der Waals surface area (Å²) in [5.74, 6) is -0.128. The van der Waals surface area contributed by atoms with E-state index >= 15 is 0 Å². The van der Waals surface area contributed by atoms with Gasteiger partial charge in [0.05, 0.1) is 16.1 Å². The maximum absolute atomic E-state index is 13.2. The van der Waals surface area contributed by atoms with E-state index in [1.54, 1.807) is 16.2 Å². The number of rotatable bonds is 5. The minimum atomic E-state index is -0.411. The van der Waals surface area contributed by atoms with E-state index in [0.717, 1.165) is 39.9 Å². The molecule has 0 unspecified atom stereocenters. The van der Waals surface area contributed by atoms with Gasteiger partial charge in [-0.15, -0.1) is 11.3 Å². The summed E-state index contributed by atoms with van der Waals surface area (Å²) >= 11 is 1.63. The van der Waals surface area contributed by atoms with Gasteiger partial charge in [-0.3, -0.25) is 9.59 Å². The predicted molar refractivity (Wildman–Crippen MR) is 124 cm³/mol. The summed E-state index contributed by atoms with van der Waals surface area (Å²) < 4.78 is 0. The van der Waals surface area contributed by atoms with Gasteiger partial charge in [0.25, 0.3) is 5.91 Å². The van der Waals surface area contributed by atoms with Crippen LogP contribution >= 0.6 is 11.3 Å². The fourth-order valence-electron chi connectivity index (χ4n) is 4.24. The van der Waals surface area contributed by atoms with E-state index in [2.05, 4.69) is 22.4 Å². The van der Waals surface area contributed by atoms with Crippen LogP contribution in [0.3, 0.4) is 0 Å². The molecular weight excluding hydrogens is 406 g/mol. The molecule has 1 saturated heterocycles. The molecule has 5 nitrogen and oxygen atoms in total. The van der Waals surface area contributed by atoms with Crippen LogP contribution in [-0.2, 0) is 11.3 Å². The lowest BCUT2D eigenvalue weighted by Gasteiger charge is -2.25. The predicted octanol–water partition coefficient (Wildman–Crippen LogP) is 4.66. The van der Waals surface area contributed by atoms with Crippen LogP contribution in [0.5, 0.6) is 0 Å². The summed E-state index contributed by atoms with van der Waals surface area (Å²) in [7, 11) is 0. The number of carbonyl (C=O) groups excluding carboxylic acids is 2. The average Bonchev–Trinajstić information content (AvgIpc) is 3.41. The third-order valence-corrected chi connectivity index (χ3v) is 6.92. The number of thiazole rings is 1. The summed E-state index contributed by atoms with van der Waals surface area (Å²) in [5.41, 5.74) is 7.67. The van der Waals surface area contributed by atoms with Crippen molar-refractivity contribution < 1.29 is 9.59 Å². The number of likely N-dealkylation sites (tertiary alicyclic amines) is 1. The molecule has 0 bridgehead atoms. The largest absolute Gasteiger partial charge is 0.350 e. The summed E-state index contributed by atoms with van der Waals surface area (Å²) in [6.07, 6.45) is 1.55. The van der Waals surface area contributed by atoms with Crippen LogP contribution in [0.25, 0.3) is 10.4 Å². The first-order chi connectivity index (χ1) is 15.0. The van der Waals surface area contributed by atoms with Crippen molar-refractivity contribution in [2.24, 2.45) is 0 Å². The number of benzene rings is 2. The van der Waals surface area contributed by atoms with Crippen LogP contribution in [0.1, 0.15) is 45.6 Å². The second kappa shape index (κ2) is 9.02. The van der Waals surface area contributed by atoms with Crippen molar-refractivity contribution in [2.45, 2.75) is 46.2 Å². The fraction of sp³-hybridized carbons (Fsp3) is 0.320. The Bertz CT molecular complexity index is 1080. The van der Waals surface area contributed by atoms with Crippen molar-refractivity contribution in [1.82, 2.24) is 15.2 Å². The molecule has 0 saturated carbocycles. The zero-order chi connectivity index (χ0) is 22.0. The summed E-state index contributed by atoms with van der Waals surface area (Å²) in [4.78, 5) is 33.3. The first kappa shape index (κ1) is 21.2. The molecule has 160 valence electrons. The van der Waals surface area contributed by atoms with Gasteiger partial charge in [-0.2, -0.15) is 0 Å². The van der Waals surface area contributed by atoms with Crippen LogP contribution in [0.15, 0.2) is 48.0 Å². The van der Waals surface area contributed by atoms with Gasteiger partial charge >= 0.3 is 0 Å². The first-order valence-corrected chi connectivity index (χ1v) is 11.5. The van der Waals surface area contributed by atoms with Crippen LogP contribution in [-0.4, -0.2) is 34.3 Å². The molecule has 1 atom stereocenters. The number of carbonyl (C=O) groups is 2. The monoisotopic (exact) mass is 433 g/mol. The Morgan fingerprint density at radius 3 is 2.45 bits per heavy atom. The topological polar surface area (TPSA) is 62.3 Å². The Kier molecular flexibility index (Phi) is 6.18. The molecule has 31 heavy (non-hydrogen) atoms. The Balaban J connectivity index is 1.41. The highest BCUT2D eigenvalue weighted by Crippen LogP contribution is 2.27. The SMILES string of the molecule is Cc1cccc(C)c1C(=O)N1CCC[C@H]1C(=O)NCc1ccc(-c2scnc2C)cc1. The molecule has 1 aromatic heterocycles. The maximum atomic E-state index is 13.2. The molecule has 0 radical (unpaired) electrons. The van der Waals surface area contributed by atoms with Crippen molar-refractivity contribution in [3.8, 4) is 10.4 Å². The van der Waals surface area contributed by atoms with Crippen molar-refractivity contribution in [3.05, 3.63) is 75.9 Å². The number of hydrogen-bond acceptors (Lipinski definition) is 4. The van der Waals surface area contributed by atoms with E-state index in [1.807, 2.05) is 56.6 Å². The summed E-state index contributed by atoms with van der Waals surface area (Å²) in [6, 6.07) is 13.6. The Morgan fingerprint density at radius 2 is 1.81 bits per heavy atom. The van der Waals surface area contributed by atoms with Gasteiger partial charge in [-0.25, -0.2) is 4.98 Å². The van der Waals surface area contributed by atoms with Gasteiger partial charge in [0.1, 0.15) is 6.04 Å². The highest BCUT2D eigenvalue weighted by atomic mass is 32.1. The second-order valence-electron chi connectivity index (χ2n) is 8.11. The lowest BCUT2D eigenvalue weighted by molar-refractivity contribution is -0.125. The van der Waals surface area contributed by atoms with E-state index in [9.17, 15) is 9.59 Å². The van der Waals surface area contributed by atoms with Crippen molar-refractivity contribution in [2.75, 3.05) is 6.54 Å². The number of hydrogen-bond donors (Lipinski definition) is 1. The Morgan fingerprint density at radius 1 is 1.10 bits per heavy atom. The van der Waals surface area contributed by atoms with Crippen LogP contribution in [0.4, 0.5) is 0 Å². The zero-order valence-electron chi connectivity index (χ0n) is 18.1. The average molecular weight is 434 g/mol. The molecule has 1 fully saturated rings. The Labute approximate surface area is 187 Å². The van der Waals surface area contributed by atoms with Crippen molar-refractivity contribution in [1.29, 1.82) is 0 Å². The van der Waals surface area contributed by atoms with Crippen LogP contribution in [0.2, 0.25) is 0 Å². The minimum absolute atomic E-state index is 0.0440. The molecule has 1 N–H and O–H groups in total. The van der Waals surface area contributed by atoms with E-state index in [-0.39, 0.29) is 11.8 Å². The number of nitrogens with one attached hydrogen (secondary N) is 1. The molecule has 1 aliphatic heterocycles. The molecule has 3 aromatic rings. The standard InChI is InChI=1S/C25H27N3O2S/c1-16-6-4-7-17(2)22(16)25(30)28-13-5-8-21(28)24(29)26-14-19-9-11-20(12-10-19)23-18(3)27-15-31-23/h4,6-7,9-12,15,21H,5,8,13-14H2,1-3H3,(H,26,29)/t21-/m0/s1. The molecule has 2 aromatic carbocycles. The van der Waals surface area contributed by atoms with Gasteiger partial charge in [-0.1, -0.05) is 42.5 Å². The van der Waals surface area contributed by atoms with E-state index < -0.39 is 6.04 Å². The van der Waals surface area contributed by atoms with E-state index in [4.69, 9.17) is 0 Å². The molecule has 1 aliphatic rings.